The van der Waals surface area contributed by atoms with Crippen molar-refractivity contribution < 1.29 is 9.59 Å². The number of anilines is 2. The molecule has 2 aromatic rings. The molecule has 4 rings (SSSR count). The summed E-state index contributed by atoms with van der Waals surface area (Å²) in [6.07, 6.45) is 5.58. The predicted molar refractivity (Wildman–Crippen MR) is 96.1 cm³/mol. The van der Waals surface area contributed by atoms with Crippen LogP contribution in [0.2, 0.25) is 0 Å². The van der Waals surface area contributed by atoms with Crippen molar-refractivity contribution in [2.24, 2.45) is 0 Å². The quantitative estimate of drug-likeness (QED) is 0.866. The summed E-state index contributed by atoms with van der Waals surface area (Å²) in [6, 6.07) is 11.0. The molecule has 1 aromatic carbocycles. The fraction of sp³-hybridized carbons (Fsp3) is 0.250. The number of hydrogen-bond acceptors (Lipinski definition) is 4. The largest absolute Gasteiger partial charge is 0.357 e. The normalized spacial score (nSPS) is 19.6. The Bertz CT molecular complexity index is 874. The molecule has 0 bridgehead atoms. The van der Waals surface area contributed by atoms with Crippen LogP contribution in [0, 0.1) is 0 Å². The van der Waals surface area contributed by atoms with Gasteiger partial charge in [-0.1, -0.05) is 18.2 Å². The van der Waals surface area contributed by atoms with Crippen LogP contribution < -0.4 is 10.2 Å². The van der Waals surface area contributed by atoms with Gasteiger partial charge in [0.25, 0.3) is 0 Å². The van der Waals surface area contributed by atoms with E-state index in [-0.39, 0.29) is 11.7 Å². The zero-order valence-electron chi connectivity index (χ0n) is 14.0. The van der Waals surface area contributed by atoms with Gasteiger partial charge in [0.1, 0.15) is 0 Å². The number of rotatable bonds is 1. The van der Waals surface area contributed by atoms with E-state index in [1.807, 2.05) is 36.4 Å². The van der Waals surface area contributed by atoms with Crippen molar-refractivity contribution in [1.29, 1.82) is 0 Å². The SMILES string of the molecule is CC(=O)N1c2ccccc2NC2=C(C(=O)CCC2)[C@@H]1c1cccnc1. The molecule has 1 N–H and O–H groups in total. The Balaban J connectivity index is 2.00. The first-order valence-electron chi connectivity index (χ1n) is 8.49. The van der Waals surface area contributed by atoms with Crippen molar-refractivity contribution in [1.82, 2.24) is 4.98 Å². The molecule has 25 heavy (non-hydrogen) atoms. The summed E-state index contributed by atoms with van der Waals surface area (Å²) in [5.41, 5.74) is 4.09. The Morgan fingerprint density at radius 1 is 1.20 bits per heavy atom. The highest BCUT2D eigenvalue weighted by molar-refractivity contribution is 6.05. The number of carbonyl (C=O) groups excluding carboxylic acids is 2. The van der Waals surface area contributed by atoms with Gasteiger partial charge in [0.2, 0.25) is 5.91 Å². The molecule has 126 valence electrons. The fourth-order valence-corrected chi connectivity index (χ4v) is 3.74. The van der Waals surface area contributed by atoms with Crippen LogP contribution in [0.1, 0.15) is 37.8 Å². The number of Topliss-reactive ketones (excluding diaryl/α,β-unsaturated/α-hetero) is 1. The maximum absolute atomic E-state index is 12.8. The Morgan fingerprint density at radius 2 is 2.04 bits per heavy atom. The lowest BCUT2D eigenvalue weighted by molar-refractivity contribution is -0.117. The van der Waals surface area contributed by atoms with Gasteiger partial charge in [0, 0.05) is 37.0 Å². The Morgan fingerprint density at radius 3 is 2.80 bits per heavy atom. The van der Waals surface area contributed by atoms with Gasteiger partial charge in [-0.25, -0.2) is 0 Å². The number of para-hydroxylation sites is 2. The third-order valence-corrected chi connectivity index (χ3v) is 4.78. The second-order valence-electron chi connectivity index (χ2n) is 6.39. The molecule has 0 fully saturated rings. The first-order valence-corrected chi connectivity index (χ1v) is 8.49. The Kier molecular flexibility index (Phi) is 3.84. The molecule has 0 radical (unpaired) electrons. The number of benzene rings is 1. The molecule has 0 saturated carbocycles. The molecule has 1 aliphatic carbocycles. The monoisotopic (exact) mass is 333 g/mol. The molecular formula is C20H19N3O2. The highest BCUT2D eigenvalue weighted by Crippen LogP contribution is 2.44. The maximum Gasteiger partial charge on any atom is 0.224 e. The summed E-state index contributed by atoms with van der Waals surface area (Å²) in [4.78, 5) is 31.4. The smallest absolute Gasteiger partial charge is 0.224 e. The van der Waals surface area contributed by atoms with Crippen molar-refractivity contribution in [2.75, 3.05) is 10.2 Å². The lowest BCUT2D eigenvalue weighted by atomic mass is 9.86. The van der Waals surface area contributed by atoms with Crippen LogP contribution in [0.5, 0.6) is 0 Å². The van der Waals surface area contributed by atoms with Crippen LogP contribution in [0.3, 0.4) is 0 Å². The van der Waals surface area contributed by atoms with E-state index in [9.17, 15) is 9.59 Å². The molecule has 1 aliphatic heterocycles. The molecule has 5 nitrogen and oxygen atoms in total. The number of nitrogens with zero attached hydrogens (tertiary/aromatic N) is 2. The highest BCUT2D eigenvalue weighted by Gasteiger charge is 2.38. The van der Waals surface area contributed by atoms with Crippen molar-refractivity contribution in [2.45, 2.75) is 32.2 Å². The zero-order chi connectivity index (χ0) is 17.4. The summed E-state index contributed by atoms with van der Waals surface area (Å²) < 4.78 is 0. The van der Waals surface area contributed by atoms with Crippen LogP contribution in [-0.4, -0.2) is 16.7 Å². The fourth-order valence-electron chi connectivity index (χ4n) is 3.74. The number of hydrogen-bond donors (Lipinski definition) is 1. The molecule has 1 atom stereocenters. The number of fused-ring (bicyclic) bond motifs is 1. The van der Waals surface area contributed by atoms with E-state index in [0.29, 0.717) is 12.0 Å². The van der Waals surface area contributed by atoms with E-state index in [2.05, 4.69) is 10.3 Å². The standard InChI is InChI=1S/C20H19N3O2/c1-13(24)23-17-9-3-2-7-15(17)22-16-8-4-10-18(25)19(16)20(23)14-6-5-11-21-12-14/h2-3,5-7,9,11-12,20,22H,4,8,10H2,1H3/t20-/m0/s1. The van der Waals surface area contributed by atoms with Gasteiger partial charge < -0.3 is 5.32 Å². The highest BCUT2D eigenvalue weighted by atomic mass is 16.2. The van der Waals surface area contributed by atoms with Crippen LogP contribution in [0.15, 0.2) is 60.1 Å². The zero-order valence-corrected chi connectivity index (χ0v) is 14.0. The van der Waals surface area contributed by atoms with Gasteiger partial charge in [-0.3, -0.25) is 19.5 Å². The minimum atomic E-state index is -0.454. The lowest BCUT2D eigenvalue weighted by Gasteiger charge is -2.32. The van der Waals surface area contributed by atoms with E-state index in [0.717, 1.165) is 35.5 Å². The van der Waals surface area contributed by atoms with E-state index in [1.165, 1.54) is 0 Å². The summed E-state index contributed by atoms with van der Waals surface area (Å²) >= 11 is 0. The molecule has 2 aliphatic rings. The van der Waals surface area contributed by atoms with E-state index in [1.54, 1.807) is 24.2 Å². The summed E-state index contributed by atoms with van der Waals surface area (Å²) in [5.74, 6) is -0.00288. The molecule has 5 heteroatoms. The first-order chi connectivity index (χ1) is 12.2. The Labute approximate surface area is 146 Å². The molecule has 1 amide bonds. The molecule has 0 spiro atoms. The number of aromatic nitrogens is 1. The number of amides is 1. The minimum Gasteiger partial charge on any atom is -0.357 e. The van der Waals surface area contributed by atoms with Crippen LogP contribution in [-0.2, 0) is 9.59 Å². The van der Waals surface area contributed by atoms with Crippen molar-refractivity contribution in [3.63, 3.8) is 0 Å². The number of carbonyl (C=O) groups is 2. The molecule has 0 saturated heterocycles. The van der Waals surface area contributed by atoms with Crippen molar-refractivity contribution in [3.8, 4) is 0 Å². The molecule has 1 aromatic heterocycles. The Hall–Kier alpha value is -2.95. The summed E-state index contributed by atoms with van der Waals surface area (Å²) in [5, 5.41) is 3.42. The van der Waals surface area contributed by atoms with Gasteiger partial charge in [-0.05, 0) is 36.6 Å². The van der Waals surface area contributed by atoms with E-state index in [4.69, 9.17) is 0 Å². The molecular weight excluding hydrogens is 314 g/mol. The number of pyridine rings is 1. The van der Waals surface area contributed by atoms with Crippen LogP contribution in [0.4, 0.5) is 11.4 Å². The average Bonchev–Trinajstić information content (AvgIpc) is 2.77. The second-order valence-corrected chi connectivity index (χ2v) is 6.39. The number of nitrogens with one attached hydrogen (secondary N) is 1. The van der Waals surface area contributed by atoms with Gasteiger partial charge in [0.15, 0.2) is 5.78 Å². The second kappa shape index (κ2) is 6.16. The number of allylic oxidation sites excluding steroid dienone is 1. The van der Waals surface area contributed by atoms with E-state index < -0.39 is 6.04 Å². The average molecular weight is 333 g/mol. The lowest BCUT2D eigenvalue weighted by Crippen LogP contribution is -2.36. The van der Waals surface area contributed by atoms with Crippen molar-refractivity contribution in [3.05, 3.63) is 65.6 Å². The minimum absolute atomic E-state index is 0.0988. The van der Waals surface area contributed by atoms with Gasteiger partial charge >= 0.3 is 0 Å². The van der Waals surface area contributed by atoms with Gasteiger partial charge in [-0.15, -0.1) is 0 Å². The first kappa shape index (κ1) is 15.6. The third kappa shape index (κ3) is 2.61. The van der Waals surface area contributed by atoms with Crippen LogP contribution >= 0.6 is 0 Å². The summed E-state index contributed by atoms with van der Waals surface area (Å²) in [6.45, 7) is 1.54. The molecule has 0 unspecified atom stereocenters. The van der Waals surface area contributed by atoms with Gasteiger partial charge in [-0.2, -0.15) is 0 Å². The topological polar surface area (TPSA) is 62.3 Å². The van der Waals surface area contributed by atoms with Crippen LogP contribution in [0.25, 0.3) is 0 Å². The maximum atomic E-state index is 12.8. The third-order valence-electron chi connectivity index (χ3n) is 4.78. The number of ketones is 1. The van der Waals surface area contributed by atoms with Crippen molar-refractivity contribution >= 4 is 23.1 Å². The molecule has 2 heterocycles. The van der Waals surface area contributed by atoms with Gasteiger partial charge in [0.05, 0.1) is 17.4 Å². The van der Waals surface area contributed by atoms with E-state index >= 15 is 0 Å². The predicted octanol–water partition coefficient (Wildman–Crippen LogP) is 3.61. The summed E-state index contributed by atoms with van der Waals surface area (Å²) in [7, 11) is 0.